The van der Waals surface area contributed by atoms with E-state index < -0.39 is 0 Å². The van der Waals surface area contributed by atoms with Crippen molar-refractivity contribution in [2.45, 2.75) is 46.1 Å². The molecule has 2 rings (SSSR count). The summed E-state index contributed by atoms with van der Waals surface area (Å²) < 4.78 is 0. The summed E-state index contributed by atoms with van der Waals surface area (Å²) in [5.74, 6) is 0.375. The molecule has 4 N–H and O–H groups in total. The molecule has 0 atom stereocenters. The number of carbonyl (C=O) groups is 1. The van der Waals surface area contributed by atoms with Gasteiger partial charge in [-0.1, -0.05) is 45.4 Å². The van der Waals surface area contributed by atoms with Gasteiger partial charge in [-0.2, -0.15) is 0 Å². The molecule has 0 fully saturated rings. The second kappa shape index (κ2) is 8.42. The maximum absolute atomic E-state index is 12.3. The van der Waals surface area contributed by atoms with Gasteiger partial charge in [-0.05, 0) is 41.7 Å². The molecule has 2 aromatic carbocycles. The largest absolute Gasteiger partial charge is 0.508 e. The third-order valence-electron chi connectivity index (χ3n) is 4.07. The molecular formula is C20H26N2O3. The first-order valence-corrected chi connectivity index (χ1v) is 8.59. The molecule has 0 heterocycles. The summed E-state index contributed by atoms with van der Waals surface area (Å²) in [6, 6.07) is 9.97. The standard InChI is InChI=1S/C20H26N2O3/c1-4-6-14-7-5-8-17(13(2)3)19(14)22-20(25)21-12-15-11-16(23)9-10-18(15)24/h5,7-11,13,23-24H,4,6,12H2,1-3H3,(H2,21,22,25). The number of aryl methyl sites for hydroxylation is 1. The molecular weight excluding hydrogens is 316 g/mol. The molecule has 0 bridgehead atoms. The van der Waals surface area contributed by atoms with Crippen LogP contribution in [0.15, 0.2) is 36.4 Å². The maximum Gasteiger partial charge on any atom is 0.319 e. The van der Waals surface area contributed by atoms with Crippen LogP contribution in [-0.4, -0.2) is 16.2 Å². The van der Waals surface area contributed by atoms with Crippen LogP contribution >= 0.6 is 0 Å². The number of anilines is 1. The molecule has 0 saturated carbocycles. The van der Waals surface area contributed by atoms with Gasteiger partial charge in [0.15, 0.2) is 0 Å². The van der Waals surface area contributed by atoms with E-state index in [2.05, 4.69) is 31.4 Å². The van der Waals surface area contributed by atoms with Crippen molar-refractivity contribution in [3.05, 3.63) is 53.1 Å². The number of nitrogens with one attached hydrogen (secondary N) is 2. The Bertz CT molecular complexity index is 742. The number of hydrogen-bond acceptors (Lipinski definition) is 3. The molecule has 0 aliphatic carbocycles. The first-order valence-electron chi connectivity index (χ1n) is 8.59. The molecule has 25 heavy (non-hydrogen) atoms. The lowest BCUT2D eigenvalue weighted by molar-refractivity contribution is 0.251. The minimum atomic E-state index is -0.340. The maximum atomic E-state index is 12.3. The Hall–Kier alpha value is -2.69. The van der Waals surface area contributed by atoms with E-state index in [1.54, 1.807) is 0 Å². The average Bonchev–Trinajstić information content (AvgIpc) is 2.57. The second-order valence-electron chi connectivity index (χ2n) is 6.41. The second-order valence-corrected chi connectivity index (χ2v) is 6.41. The van der Waals surface area contributed by atoms with Crippen molar-refractivity contribution >= 4 is 11.7 Å². The van der Waals surface area contributed by atoms with Gasteiger partial charge >= 0.3 is 6.03 Å². The molecule has 2 amide bonds. The van der Waals surface area contributed by atoms with Crippen molar-refractivity contribution in [3.8, 4) is 11.5 Å². The SMILES string of the molecule is CCCc1cccc(C(C)C)c1NC(=O)NCc1cc(O)ccc1O. The Morgan fingerprint density at radius 2 is 1.88 bits per heavy atom. The third-order valence-corrected chi connectivity index (χ3v) is 4.07. The molecule has 2 aromatic rings. The van der Waals surface area contributed by atoms with Gasteiger partial charge < -0.3 is 20.8 Å². The van der Waals surface area contributed by atoms with E-state index in [-0.39, 0.29) is 24.1 Å². The molecule has 0 aliphatic rings. The summed E-state index contributed by atoms with van der Waals surface area (Å²) in [6.45, 7) is 6.42. The van der Waals surface area contributed by atoms with Crippen molar-refractivity contribution in [1.82, 2.24) is 5.32 Å². The van der Waals surface area contributed by atoms with Gasteiger partial charge in [0.25, 0.3) is 0 Å². The fourth-order valence-electron chi connectivity index (χ4n) is 2.78. The molecule has 5 nitrogen and oxygen atoms in total. The van der Waals surface area contributed by atoms with Crippen LogP contribution in [0.5, 0.6) is 11.5 Å². The van der Waals surface area contributed by atoms with Crippen LogP contribution < -0.4 is 10.6 Å². The number of aromatic hydroxyl groups is 2. The minimum absolute atomic E-state index is 0.0346. The number of phenolic OH excluding ortho intramolecular Hbond substituents is 2. The molecule has 0 saturated heterocycles. The van der Waals surface area contributed by atoms with E-state index in [0.717, 1.165) is 29.7 Å². The Morgan fingerprint density at radius 3 is 2.56 bits per heavy atom. The highest BCUT2D eigenvalue weighted by atomic mass is 16.3. The van der Waals surface area contributed by atoms with Crippen LogP contribution in [0, 0.1) is 0 Å². The fraction of sp³-hybridized carbons (Fsp3) is 0.350. The number of carbonyl (C=O) groups excluding carboxylic acids is 1. The zero-order valence-electron chi connectivity index (χ0n) is 15.0. The molecule has 0 spiro atoms. The van der Waals surface area contributed by atoms with Crippen molar-refractivity contribution in [1.29, 1.82) is 0 Å². The number of amides is 2. The first-order chi connectivity index (χ1) is 11.9. The summed E-state index contributed by atoms with van der Waals surface area (Å²) in [6.07, 6.45) is 1.89. The van der Waals surface area contributed by atoms with Crippen LogP contribution in [0.3, 0.4) is 0 Å². The fourth-order valence-corrected chi connectivity index (χ4v) is 2.78. The van der Waals surface area contributed by atoms with Gasteiger partial charge in [0, 0.05) is 17.8 Å². The van der Waals surface area contributed by atoms with E-state index in [1.807, 2.05) is 18.2 Å². The molecule has 134 valence electrons. The van der Waals surface area contributed by atoms with Crippen LogP contribution in [0.2, 0.25) is 0 Å². The summed E-state index contributed by atoms with van der Waals surface area (Å²) in [5.41, 5.74) is 3.53. The van der Waals surface area contributed by atoms with Gasteiger partial charge in [-0.3, -0.25) is 0 Å². The van der Waals surface area contributed by atoms with Crippen LogP contribution in [0.1, 0.15) is 49.8 Å². The molecule has 0 unspecified atom stereocenters. The van der Waals surface area contributed by atoms with E-state index >= 15 is 0 Å². The molecule has 5 heteroatoms. The van der Waals surface area contributed by atoms with E-state index in [0.29, 0.717) is 11.5 Å². The Labute approximate surface area is 148 Å². The van der Waals surface area contributed by atoms with E-state index in [9.17, 15) is 15.0 Å². The zero-order valence-corrected chi connectivity index (χ0v) is 15.0. The number of para-hydroxylation sites is 1. The van der Waals surface area contributed by atoms with Crippen LogP contribution in [0.25, 0.3) is 0 Å². The highest BCUT2D eigenvalue weighted by Crippen LogP contribution is 2.29. The summed E-state index contributed by atoms with van der Waals surface area (Å²) in [4.78, 5) is 12.3. The number of urea groups is 1. The predicted molar refractivity (Wildman–Crippen MR) is 100 cm³/mol. The highest BCUT2D eigenvalue weighted by molar-refractivity contribution is 5.91. The van der Waals surface area contributed by atoms with Crippen molar-refractivity contribution in [2.75, 3.05) is 5.32 Å². The quantitative estimate of drug-likeness (QED) is 0.584. The highest BCUT2D eigenvalue weighted by Gasteiger charge is 2.14. The summed E-state index contributed by atoms with van der Waals surface area (Å²) in [7, 11) is 0. The number of rotatable bonds is 6. The number of hydrogen-bond donors (Lipinski definition) is 4. The topological polar surface area (TPSA) is 81.6 Å². The zero-order chi connectivity index (χ0) is 18.4. The van der Waals surface area contributed by atoms with Gasteiger partial charge in [0.1, 0.15) is 11.5 Å². The first kappa shape index (κ1) is 18.6. The Balaban J connectivity index is 2.13. The summed E-state index contributed by atoms with van der Waals surface area (Å²) >= 11 is 0. The third kappa shape index (κ3) is 4.89. The van der Waals surface area contributed by atoms with Crippen LogP contribution in [-0.2, 0) is 13.0 Å². The van der Waals surface area contributed by atoms with Gasteiger partial charge in [0.2, 0.25) is 0 Å². The smallest absolute Gasteiger partial charge is 0.319 e. The molecule has 0 aliphatic heterocycles. The monoisotopic (exact) mass is 342 g/mol. The number of phenols is 2. The van der Waals surface area contributed by atoms with Gasteiger partial charge in [-0.15, -0.1) is 0 Å². The van der Waals surface area contributed by atoms with Crippen molar-refractivity contribution in [3.63, 3.8) is 0 Å². The average molecular weight is 342 g/mol. The molecule has 0 aromatic heterocycles. The lowest BCUT2D eigenvalue weighted by Gasteiger charge is -2.18. The van der Waals surface area contributed by atoms with Crippen LogP contribution in [0.4, 0.5) is 10.5 Å². The van der Waals surface area contributed by atoms with E-state index in [1.165, 1.54) is 18.2 Å². The molecule has 0 radical (unpaired) electrons. The lowest BCUT2D eigenvalue weighted by Crippen LogP contribution is -2.29. The van der Waals surface area contributed by atoms with Gasteiger partial charge in [0.05, 0.1) is 0 Å². The lowest BCUT2D eigenvalue weighted by atomic mass is 9.96. The van der Waals surface area contributed by atoms with Crippen molar-refractivity contribution < 1.29 is 15.0 Å². The predicted octanol–water partition coefficient (Wildman–Crippen LogP) is 4.50. The minimum Gasteiger partial charge on any atom is -0.508 e. The van der Waals surface area contributed by atoms with Gasteiger partial charge in [-0.25, -0.2) is 4.79 Å². The van der Waals surface area contributed by atoms with E-state index in [4.69, 9.17) is 0 Å². The Kier molecular flexibility index (Phi) is 6.28. The summed E-state index contributed by atoms with van der Waals surface area (Å²) in [5, 5.41) is 25.0. The normalized spacial score (nSPS) is 10.7. The van der Waals surface area contributed by atoms with Crippen molar-refractivity contribution in [2.24, 2.45) is 0 Å². The number of benzene rings is 2. The Morgan fingerprint density at radius 1 is 1.12 bits per heavy atom.